The molecule has 0 spiro atoms. The van der Waals surface area contributed by atoms with Gasteiger partial charge in [0.1, 0.15) is 5.82 Å². The minimum absolute atomic E-state index is 0. The summed E-state index contributed by atoms with van der Waals surface area (Å²) < 4.78 is 4.16. The number of nitrogens with one attached hydrogen (secondary N) is 1. The maximum atomic E-state index is 4.87. The Hall–Kier alpha value is -1.30. The molecule has 1 N–H and O–H groups in total. The lowest BCUT2D eigenvalue weighted by Crippen LogP contribution is -2.38. The standard InChI is InChI=1S/C22H40N8S.HI/c1-9-23-21(28(6)14-18-15-29(7)27-20(18)17(4)5)24-12-10-11-19-25-26-22(31-8)30(19)13-16(2)3;/h15-17H,9-14H2,1-8H3,(H,23,24);1H. The van der Waals surface area contributed by atoms with E-state index in [2.05, 4.69) is 84.2 Å². The molecular weight excluding hydrogens is 535 g/mol. The average Bonchev–Trinajstić information content (AvgIpc) is 3.26. The van der Waals surface area contributed by atoms with Gasteiger partial charge in [0, 0.05) is 58.5 Å². The predicted octanol–water partition coefficient (Wildman–Crippen LogP) is 4.16. The number of nitrogens with zero attached hydrogens (tertiary/aromatic N) is 7. The van der Waals surface area contributed by atoms with Crippen molar-refractivity contribution in [3.8, 4) is 0 Å². The lowest BCUT2D eigenvalue weighted by atomic mass is 10.1. The summed E-state index contributed by atoms with van der Waals surface area (Å²) in [6, 6.07) is 0. The van der Waals surface area contributed by atoms with Gasteiger partial charge in [0.2, 0.25) is 0 Å². The molecule has 0 saturated heterocycles. The van der Waals surface area contributed by atoms with Crippen molar-refractivity contribution in [1.29, 1.82) is 0 Å². The highest BCUT2D eigenvalue weighted by atomic mass is 127. The SMILES string of the molecule is CCNC(=NCCCc1nnc(SC)n1CC(C)C)N(C)Cc1cn(C)nc1C(C)C.I. The highest BCUT2D eigenvalue weighted by molar-refractivity contribution is 14.0. The minimum Gasteiger partial charge on any atom is -0.357 e. The Morgan fingerprint density at radius 3 is 2.56 bits per heavy atom. The van der Waals surface area contributed by atoms with Gasteiger partial charge >= 0.3 is 0 Å². The fourth-order valence-electron chi connectivity index (χ4n) is 3.59. The van der Waals surface area contributed by atoms with Crippen LogP contribution in [0.4, 0.5) is 0 Å². The van der Waals surface area contributed by atoms with E-state index >= 15 is 0 Å². The van der Waals surface area contributed by atoms with E-state index in [9.17, 15) is 0 Å². The van der Waals surface area contributed by atoms with Crippen LogP contribution in [0.25, 0.3) is 0 Å². The fourth-order valence-corrected chi connectivity index (χ4v) is 4.11. The summed E-state index contributed by atoms with van der Waals surface area (Å²) >= 11 is 1.66. The van der Waals surface area contributed by atoms with Crippen molar-refractivity contribution < 1.29 is 0 Å². The van der Waals surface area contributed by atoms with Gasteiger partial charge in [0.15, 0.2) is 11.1 Å². The molecule has 0 saturated carbocycles. The Bertz CT molecular complexity index is 843. The molecule has 10 heteroatoms. The Morgan fingerprint density at radius 2 is 1.97 bits per heavy atom. The summed E-state index contributed by atoms with van der Waals surface area (Å²) in [5.41, 5.74) is 2.40. The van der Waals surface area contributed by atoms with Crippen LogP contribution in [-0.2, 0) is 26.6 Å². The van der Waals surface area contributed by atoms with Crippen LogP contribution in [0, 0.1) is 5.92 Å². The van der Waals surface area contributed by atoms with E-state index in [1.807, 2.05) is 11.7 Å². The summed E-state index contributed by atoms with van der Waals surface area (Å²) in [6.45, 7) is 14.3. The van der Waals surface area contributed by atoms with Crippen molar-refractivity contribution in [1.82, 2.24) is 34.8 Å². The van der Waals surface area contributed by atoms with E-state index in [1.54, 1.807) is 11.8 Å². The highest BCUT2D eigenvalue weighted by Crippen LogP contribution is 2.19. The zero-order valence-electron chi connectivity index (χ0n) is 20.9. The Labute approximate surface area is 215 Å². The number of aliphatic imine (C=N–C) groups is 1. The molecule has 2 aromatic rings. The average molecular weight is 577 g/mol. The Kier molecular flexibility index (Phi) is 12.6. The van der Waals surface area contributed by atoms with Gasteiger partial charge < -0.3 is 14.8 Å². The quantitative estimate of drug-likeness (QED) is 0.142. The topological polar surface area (TPSA) is 76.2 Å². The van der Waals surface area contributed by atoms with E-state index in [0.717, 1.165) is 61.7 Å². The first kappa shape index (κ1) is 28.7. The maximum absolute atomic E-state index is 4.87. The molecular formula is C22H41IN8S. The summed E-state index contributed by atoms with van der Waals surface area (Å²) in [4.78, 5) is 7.05. The van der Waals surface area contributed by atoms with Crippen molar-refractivity contribution >= 4 is 41.7 Å². The molecule has 0 aromatic carbocycles. The summed E-state index contributed by atoms with van der Waals surface area (Å²) in [7, 11) is 4.07. The Balaban J connectivity index is 0.00000512. The molecule has 0 aliphatic heterocycles. The van der Waals surface area contributed by atoms with Crippen molar-refractivity contribution in [2.24, 2.45) is 18.0 Å². The van der Waals surface area contributed by atoms with Crippen LogP contribution < -0.4 is 5.32 Å². The second-order valence-corrected chi connectivity index (χ2v) is 9.44. The van der Waals surface area contributed by atoms with Gasteiger partial charge in [0.05, 0.1) is 5.69 Å². The lowest BCUT2D eigenvalue weighted by Gasteiger charge is -2.22. The van der Waals surface area contributed by atoms with Gasteiger partial charge in [-0.05, 0) is 31.4 Å². The second kappa shape index (κ2) is 14.1. The number of aryl methyl sites for hydroxylation is 2. The molecule has 0 aliphatic carbocycles. The summed E-state index contributed by atoms with van der Waals surface area (Å²) in [5, 5.41) is 17.8. The number of guanidine groups is 1. The van der Waals surface area contributed by atoms with E-state index in [4.69, 9.17) is 4.99 Å². The van der Waals surface area contributed by atoms with Gasteiger partial charge in [-0.3, -0.25) is 9.67 Å². The van der Waals surface area contributed by atoms with Crippen LogP contribution in [0.15, 0.2) is 16.3 Å². The molecule has 2 aromatic heterocycles. The number of rotatable bonds is 11. The summed E-state index contributed by atoms with van der Waals surface area (Å²) in [5.74, 6) is 2.95. The van der Waals surface area contributed by atoms with Gasteiger partial charge in [-0.2, -0.15) is 5.10 Å². The first-order valence-corrected chi connectivity index (χ1v) is 12.5. The van der Waals surface area contributed by atoms with E-state index in [1.165, 1.54) is 5.56 Å². The van der Waals surface area contributed by atoms with Crippen LogP contribution in [-0.4, -0.2) is 61.8 Å². The van der Waals surface area contributed by atoms with E-state index in [-0.39, 0.29) is 24.0 Å². The first-order valence-electron chi connectivity index (χ1n) is 11.2. The molecule has 32 heavy (non-hydrogen) atoms. The van der Waals surface area contributed by atoms with Crippen LogP contribution in [0.5, 0.6) is 0 Å². The molecule has 2 heterocycles. The molecule has 0 radical (unpaired) electrons. The molecule has 0 amide bonds. The highest BCUT2D eigenvalue weighted by Gasteiger charge is 2.15. The smallest absolute Gasteiger partial charge is 0.193 e. The predicted molar refractivity (Wildman–Crippen MR) is 145 cm³/mol. The zero-order valence-corrected chi connectivity index (χ0v) is 24.1. The maximum Gasteiger partial charge on any atom is 0.193 e. The third-order valence-electron chi connectivity index (χ3n) is 4.93. The van der Waals surface area contributed by atoms with Gasteiger partial charge in [-0.1, -0.05) is 39.5 Å². The first-order chi connectivity index (χ1) is 14.8. The number of hydrogen-bond acceptors (Lipinski definition) is 5. The fraction of sp³-hybridized carbons (Fsp3) is 0.727. The third-order valence-corrected chi connectivity index (χ3v) is 5.60. The van der Waals surface area contributed by atoms with Crippen molar-refractivity contribution in [3.63, 3.8) is 0 Å². The number of hydrogen-bond donors (Lipinski definition) is 1. The van der Waals surface area contributed by atoms with Crippen molar-refractivity contribution in [2.45, 2.75) is 71.6 Å². The minimum atomic E-state index is 0. The zero-order chi connectivity index (χ0) is 23.0. The van der Waals surface area contributed by atoms with Crippen LogP contribution in [0.2, 0.25) is 0 Å². The largest absolute Gasteiger partial charge is 0.357 e. The molecule has 0 bridgehead atoms. The lowest BCUT2D eigenvalue weighted by molar-refractivity contribution is 0.470. The van der Waals surface area contributed by atoms with Gasteiger partial charge in [0.25, 0.3) is 0 Å². The molecule has 182 valence electrons. The second-order valence-electron chi connectivity index (χ2n) is 8.67. The summed E-state index contributed by atoms with van der Waals surface area (Å²) in [6.07, 6.45) is 5.99. The van der Waals surface area contributed by atoms with Crippen LogP contribution >= 0.6 is 35.7 Å². The molecule has 0 unspecified atom stereocenters. The molecule has 0 aliphatic rings. The van der Waals surface area contributed by atoms with Crippen LogP contribution in [0.1, 0.15) is 64.0 Å². The molecule has 8 nitrogen and oxygen atoms in total. The Morgan fingerprint density at radius 1 is 1.25 bits per heavy atom. The third kappa shape index (κ3) is 8.24. The molecule has 2 rings (SSSR count). The van der Waals surface area contributed by atoms with Gasteiger partial charge in [-0.15, -0.1) is 34.2 Å². The van der Waals surface area contributed by atoms with Crippen LogP contribution in [0.3, 0.4) is 0 Å². The van der Waals surface area contributed by atoms with Crippen molar-refractivity contribution in [3.05, 3.63) is 23.3 Å². The van der Waals surface area contributed by atoms with Gasteiger partial charge in [-0.25, -0.2) is 0 Å². The molecule has 0 atom stereocenters. The number of aromatic nitrogens is 5. The monoisotopic (exact) mass is 576 g/mol. The number of thioether (sulfide) groups is 1. The van der Waals surface area contributed by atoms with Crippen molar-refractivity contribution in [2.75, 3.05) is 26.4 Å². The van der Waals surface area contributed by atoms with E-state index in [0.29, 0.717) is 11.8 Å². The normalized spacial score (nSPS) is 11.9. The molecule has 0 fully saturated rings. The number of halogens is 1. The van der Waals surface area contributed by atoms with E-state index < -0.39 is 0 Å².